The number of aliphatic hydroxyl groups is 1. The van der Waals surface area contributed by atoms with Gasteiger partial charge in [0, 0.05) is 17.5 Å². The van der Waals surface area contributed by atoms with E-state index in [-0.39, 0.29) is 17.9 Å². The molecule has 3 aromatic carbocycles. The van der Waals surface area contributed by atoms with Crippen LogP contribution in [0.1, 0.15) is 69.8 Å². The van der Waals surface area contributed by atoms with Gasteiger partial charge < -0.3 is 9.84 Å². The Kier molecular flexibility index (Phi) is 8.08. The normalized spacial score (nSPS) is 13.6. The van der Waals surface area contributed by atoms with Crippen molar-refractivity contribution in [1.82, 2.24) is 24.6 Å². The maximum Gasteiger partial charge on any atom is 0.263 e. The van der Waals surface area contributed by atoms with Gasteiger partial charge in [-0.25, -0.2) is 14.5 Å². The first kappa shape index (κ1) is 30.9. The molecule has 1 aliphatic rings. The predicted molar refractivity (Wildman–Crippen MR) is 178 cm³/mol. The standard InChI is InChI=1S/C36H38N6O4/c1-6-10-31-29(20-23-13-18-27(24-11-8-7-9-12-24)28(19-23)30-21-32(43)40-39-30)33(44)41(34-37-22-38-42(31)34)25-14-16-26(17-15-25)46-36(4,5)35(2,3)45/h7-9,11-19,22,45H,6,10,20-21H2,1-5H3,(H,40,43). The summed E-state index contributed by atoms with van der Waals surface area (Å²) in [4.78, 5) is 31.0. The third kappa shape index (κ3) is 5.83. The van der Waals surface area contributed by atoms with Gasteiger partial charge in [0.15, 0.2) is 0 Å². The highest BCUT2D eigenvalue weighted by atomic mass is 16.5. The summed E-state index contributed by atoms with van der Waals surface area (Å²) in [5.41, 5.74) is 6.93. The van der Waals surface area contributed by atoms with Crippen LogP contribution in [-0.4, -0.2) is 47.1 Å². The lowest BCUT2D eigenvalue weighted by Crippen LogP contribution is -2.49. The van der Waals surface area contributed by atoms with E-state index in [0.717, 1.165) is 34.4 Å². The summed E-state index contributed by atoms with van der Waals surface area (Å²) in [6.07, 6.45) is 3.46. The molecule has 2 N–H and O–H groups in total. The lowest BCUT2D eigenvalue weighted by Gasteiger charge is -2.37. The maximum absolute atomic E-state index is 14.4. The van der Waals surface area contributed by atoms with Gasteiger partial charge in [-0.3, -0.25) is 9.59 Å². The Hall–Kier alpha value is -5.09. The highest BCUT2D eigenvalue weighted by Crippen LogP contribution is 2.30. The summed E-state index contributed by atoms with van der Waals surface area (Å²) in [6, 6.07) is 23.3. The van der Waals surface area contributed by atoms with E-state index in [4.69, 9.17) is 4.74 Å². The number of benzene rings is 3. The van der Waals surface area contributed by atoms with Crippen molar-refractivity contribution in [2.24, 2.45) is 5.10 Å². The molecule has 0 spiro atoms. The smallest absolute Gasteiger partial charge is 0.263 e. The van der Waals surface area contributed by atoms with Gasteiger partial charge in [0.2, 0.25) is 11.7 Å². The molecule has 5 aromatic rings. The van der Waals surface area contributed by atoms with Crippen LogP contribution in [0.5, 0.6) is 5.75 Å². The Morgan fingerprint density at radius 1 is 0.957 bits per heavy atom. The summed E-state index contributed by atoms with van der Waals surface area (Å²) in [5.74, 6) is 0.843. The first-order valence-electron chi connectivity index (χ1n) is 15.5. The molecule has 10 nitrogen and oxygen atoms in total. The molecule has 3 heterocycles. The monoisotopic (exact) mass is 618 g/mol. The van der Waals surface area contributed by atoms with Gasteiger partial charge in [-0.2, -0.15) is 15.2 Å². The Morgan fingerprint density at radius 2 is 1.70 bits per heavy atom. The number of rotatable bonds is 10. The Bertz CT molecular complexity index is 2000. The Balaban J connectivity index is 1.44. The van der Waals surface area contributed by atoms with Crippen LogP contribution in [0.3, 0.4) is 0 Å². The van der Waals surface area contributed by atoms with Crippen molar-refractivity contribution in [3.63, 3.8) is 0 Å². The molecule has 1 aliphatic heterocycles. The minimum Gasteiger partial charge on any atom is -0.485 e. The number of amides is 1. The molecule has 0 saturated carbocycles. The van der Waals surface area contributed by atoms with Crippen molar-refractivity contribution < 1.29 is 14.6 Å². The molecule has 0 aliphatic carbocycles. The van der Waals surface area contributed by atoms with Gasteiger partial charge in [-0.05, 0) is 81.1 Å². The van der Waals surface area contributed by atoms with E-state index < -0.39 is 11.2 Å². The SMILES string of the molecule is CCCc1c(Cc2ccc(-c3ccccc3)c(C3=NNC(=O)C3)c2)c(=O)n(-c2ccc(OC(C)(C)C(C)(C)O)cc2)c2ncnn12. The molecule has 0 atom stereocenters. The average Bonchev–Trinajstić information content (AvgIpc) is 3.69. The molecule has 2 aromatic heterocycles. The number of ether oxygens (including phenoxy) is 1. The molecule has 0 fully saturated rings. The van der Waals surface area contributed by atoms with Crippen molar-refractivity contribution in [2.45, 2.75) is 71.5 Å². The molecule has 0 radical (unpaired) electrons. The van der Waals surface area contributed by atoms with Gasteiger partial charge in [-0.15, -0.1) is 0 Å². The minimum atomic E-state index is -1.07. The number of carbonyl (C=O) groups is 1. The molecule has 46 heavy (non-hydrogen) atoms. The second-order valence-corrected chi connectivity index (χ2v) is 12.6. The number of hydrazone groups is 1. The lowest BCUT2D eigenvalue weighted by atomic mass is 9.89. The van der Waals surface area contributed by atoms with Crippen LogP contribution in [0.2, 0.25) is 0 Å². The minimum absolute atomic E-state index is 0.149. The molecule has 0 unspecified atom stereocenters. The largest absolute Gasteiger partial charge is 0.485 e. The number of hydrogen-bond donors (Lipinski definition) is 2. The topological polar surface area (TPSA) is 123 Å². The van der Waals surface area contributed by atoms with E-state index in [1.807, 2.05) is 74.5 Å². The van der Waals surface area contributed by atoms with Crippen LogP contribution in [0.15, 0.2) is 89.0 Å². The summed E-state index contributed by atoms with van der Waals surface area (Å²) in [7, 11) is 0. The second kappa shape index (κ2) is 12.0. The Morgan fingerprint density at radius 3 is 2.35 bits per heavy atom. The summed E-state index contributed by atoms with van der Waals surface area (Å²) in [5, 5.41) is 19.4. The van der Waals surface area contributed by atoms with Crippen LogP contribution in [0, 0.1) is 0 Å². The molecule has 0 bridgehead atoms. The van der Waals surface area contributed by atoms with Gasteiger partial charge in [0.1, 0.15) is 17.7 Å². The van der Waals surface area contributed by atoms with E-state index in [9.17, 15) is 14.7 Å². The predicted octanol–water partition coefficient (Wildman–Crippen LogP) is 5.24. The van der Waals surface area contributed by atoms with E-state index in [2.05, 4.69) is 27.5 Å². The molecule has 236 valence electrons. The lowest BCUT2D eigenvalue weighted by molar-refractivity contribution is -0.119. The fourth-order valence-corrected chi connectivity index (χ4v) is 5.57. The van der Waals surface area contributed by atoms with E-state index >= 15 is 0 Å². The molecule has 1 amide bonds. The third-order valence-electron chi connectivity index (χ3n) is 8.73. The number of aromatic nitrogens is 4. The van der Waals surface area contributed by atoms with Crippen molar-refractivity contribution in [1.29, 1.82) is 0 Å². The van der Waals surface area contributed by atoms with E-state index in [0.29, 0.717) is 41.3 Å². The van der Waals surface area contributed by atoms with Crippen molar-refractivity contribution in [2.75, 3.05) is 0 Å². The molecule has 10 heteroatoms. The second-order valence-electron chi connectivity index (χ2n) is 12.6. The van der Waals surface area contributed by atoms with Crippen molar-refractivity contribution in [3.8, 4) is 22.6 Å². The number of fused-ring (bicyclic) bond motifs is 1. The van der Waals surface area contributed by atoms with Crippen LogP contribution in [0.4, 0.5) is 0 Å². The first-order chi connectivity index (χ1) is 22.0. The number of hydrogen-bond acceptors (Lipinski definition) is 7. The maximum atomic E-state index is 14.4. The zero-order valence-electron chi connectivity index (χ0n) is 26.7. The van der Waals surface area contributed by atoms with Crippen LogP contribution < -0.4 is 15.7 Å². The molecular weight excluding hydrogens is 580 g/mol. The molecule has 0 saturated heterocycles. The number of nitrogens with one attached hydrogen (secondary N) is 1. The zero-order valence-corrected chi connectivity index (χ0v) is 26.7. The summed E-state index contributed by atoms with van der Waals surface area (Å²) < 4.78 is 9.44. The fourth-order valence-electron chi connectivity index (χ4n) is 5.57. The summed E-state index contributed by atoms with van der Waals surface area (Å²) >= 11 is 0. The van der Waals surface area contributed by atoms with Crippen molar-refractivity contribution in [3.05, 3.63) is 112 Å². The average molecular weight is 619 g/mol. The van der Waals surface area contributed by atoms with Crippen LogP contribution >= 0.6 is 0 Å². The van der Waals surface area contributed by atoms with E-state index in [1.54, 1.807) is 35.1 Å². The number of carbonyl (C=O) groups excluding carboxylic acids is 1. The van der Waals surface area contributed by atoms with Crippen molar-refractivity contribution >= 4 is 17.4 Å². The van der Waals surface area contributed by atoms with Gasteiger partial charge in [-0.1, -0.05) is 55.8 Å². The van der Waals surface area contributed by atoms with E-state index in [1.165, 1.54) is 6.33 Å². The first-order valence-corrected chi connectivity index (χ1v) is 15.5. The zero-order chi connectivity index (χ0) is 32.6. The molecular formula is C36H38N6O4. The van der Waals surface area contributed by atoms with Gasteiger partial charge in [0.05, 0.1) is 29.1 Å². The quantitative estimate of drug-likeness (QED) is 0.221. The van der Waals surface area contributed by atoms with Gasteiger partial charge >= 0.3 is 0 Å². The summed E-state index contributed by atoms with van der Waals surface area (Å²) in [6.45, 7) is 9.14. The number of aryl methyl sites for hydroxylation is 1. The number of nitrogens with zero attached hydrogens (tertiary/aromatic N) is 5. The Labute approximate surface area is 267 Å². The third-order valence-corrected chi connectivity index (χ3v) is 8.73. The highest BCUT2D eigenvalue weighted by molar-refractivity contribution is 6.16. The molecule has 6 rings (SSSR count). The highest BCUT2D eigenvalue weighted by Gasteiger charge is 2.37. The van der Waals surface area contributed by atoms with Crippen LogP contribution in [-0.2, 0) is 17.6 Å². The van der Waals surface area contributed by atoms with Gasteiger partial charge in [0.25, 0.3) is 5.56 Å². The fraction of sp³-hybridized carbons (Fsp3) is 0.306. The van der Waals surface area contributed by atoms with Crippen LogP contribution in [0.25, 0.3) is 22.6 Å².